The lowest BCUT2D eigenvalue weighted by Crippen LogP contribution is -2.72. The van der Waals surface area contributed by atoms with Gasteiger partial charge in [-0.1, -0.05) is 18.2 Å². The van der Waals surface area contributed by atoms with Crippen LogP contribution in [-0.4, -0.2) is 116 Å². The lowest BCUT2D eigenvalue weighted by molar-refractivity contribution is -0.293. The number of amides is 1. The first-order valence-electron chi connectivity index (χ1n) is 13.6. The highest BCUT2D eigenvalue weighted by Crippen LogP contribution is 2.36. The van der Waals surface area contributed by atoms with Crippen molar-refractivity contribution in [1.29, 1.82) is 0 Å². The van der Waals surface area contributed by atoms with Gasteiger partial charge in [-0.2, -0.15) is 0 Å². The van der Waals surface area contributed by atoms with Crippen molar-refractivity contribution in [2.45, 2.75) is 70.3 Å². The highest BCUT2D eigenvalue weighted by atomic mass is 16.7. The molecule has 0 bridgehead atoms. The topological polar surface area (TPSA) is 170 Å². The zero-order chi connectivity index (χ0) is 31.0. The van der Waals surface area contributed by atoms with Crippen molar-refractivity contribution in [3.8, 4) is 0 Å². The smallest absolute Gasteiger partial charge is 0.366 e. The summed E-state index contributed by atoms with van der Waals surface area (Å²) in [6.07, 6.45) is -4.67. The van der Waals surface area contributed by atoms with E-state index in [2.05, 4.69) is 10.2 Å². The molecule has 2 fully saturated rings. The Bertz CT molecular complexity index is 1130. The van der Waals surface area contributed by atoms with Crippen molar-refractivity contribution >= 4 is 35.5 Å². The van der Waals surface area contributed by atoms with Gasteiger partial charge in [0.2, 0.25) is 5.91 Å². The van der Waals surface area contributed by atoms with Crippen LogP contribution in [0.5, 0.6) is 0 Å². The van der Waals surface area contributed by atoms with Crippen LogP contribution in [0.2, 0.25) is 0 Å². The zero-order valence-electron chi connectivity index (χ0n) is 24.4. The number of methoxy groups -OCH3 is 1. The molecule has 2 aliphatic rings. The maximum absolute atomic E-state index is 12.9. The average molecular weight is 594 g/mol. The number of rotatable bonds is 10. The van der Waals surface area contributed by atoms with Gasteiger partial charge in [-0.05, 0) is 12.1 Å². The van der Waals surface area contributed by atoms with Crippen LogP contribution in [0.15, 0.2) is 30.3 Å². The third kappa shape index (κ3) is 8.39. The Hall–Kier alpha value is -3.75. The Morgan fingerprint density at radius 3 is 2.12 bits per heavy atom. The molecule has 0 radical (unpaired) electrons. The Labute approximate surface area is 244 Å². The molecule has 232 valence electrons. The highest BCUT2D eigenvalue weighted by molar-refractivity contribution is 5.78. The number of benzene rings is 1. The SMILES string of the molecule is COC(=O)[C@]1(O)C[C@H](N2CCN(c3ccccc3)CC2)[C@@H](NC(C)=O)[C@H]([C@@H](OC(C)=O)[C@@H](COC(C)=O)OC(C)=O)O1. The zero-order valence-corrected chi connectivity index (χ0v) is 24.4. The number of para-hydroxylation sites is 1. The number of hydrogen-bond acceptors (Lipinski definition) is 13. The summed E-state index contributed by atoms with van der Waals surface area (Å²) >= 11 is 0. The molecule has 2 saturated heterocycles. The number of piperazine rings is 1. The van der Waals surface area contributed by atoms with E-state index in [0.29, 0.717) is 26.2 Å². The maximum atomic E-state index is 12.9. The van der Waals surface area contributed by atoms with E-state index < -0.39 is 72.6 Å². The van der Waals surface area contributed by atoms with Gasteiger partial charge >= 0.3 is 23.9 Å². The van der Waals surface area contributed by atoms with Gasteiger partial charge < -0.3 is 39.0 Å². The number of nitrogens with zero attached hydrogens (tertiary/aromatic N) is 2. The molecule has 1 aromatic carbocycles. The first-order valence-corrected chi connectivity index (χ1v) is 13.6. The minimum Gasteiger partial charge on any atom is -0.465 e. The Balaban J connectivity index is 2.04. The summed E-state index contributed by atoms with van der Waals surface area (Å²) < 4.78 is 26.7. The van der Waals surface area contributed by atoms with Crippen LogP contribution in [0.1, 0.15) is 34.1 Å². The van der Waals surface area contributed by atoms with E-state index >= 15 is 0 Å². The molecule has 1 amide bonds. The summed E-state index contributed by atoms with van der Waals surface area (Å²) in [5.74, 6) is -6.38. The van der Waals surface area contributed by atoms with Gasteiger partial charge in [0.15, 0.2) is 12.2 Å². The van der Waals surface area contributed by atoms with E-state index in [4.69, 9.17) is 23.7 Å². The summed E-state index contributed by atoms with van der Waals surface area (Å²) in [6, 6.07) is 8.11. The second-order valence-corrected chi connectivity index (χ2v) is 10.2. The van der Waals surface area contributed by atoms with E-state index in [1.165, 1.54) is 6.92 Å². The molecular weight excluding hydrogens is 554 g/mol. The van der Waals surface area contributed by atoms with Gasteiger partial charge in [-0.15, -0.1) is 0 Å². The van der Waals surface area contributed by atoms with Crippen LogP contribution < -0.4 is 10.2 Å². The predicted octanol–water partition coefficient (Wildman–Crippen LogP) is -0.241. The van der Waals surface area contributed by atoms with Gasteiger partial charge in [0.25, 0.3) is 5.79 Å². The molecule has 0 aromatic heterocycles. The van der Waals surface area contributed by atoms with Crippen LogP contribution in [0.3, 0.4) is 0 Å². The molecule has 2 aliphatic heterocycles. The molecule has 6 atom stereocenters. The normalized spacial score (nSPS) is 25.9. The molecule has 0 aliphatic carbocycles. The Morgan fingerprint density at radius 1 is 0.976 bits per heavy atom. The van der Waals surface area contributed by atoms with Gasteiger partial charge in [0, 0.05) is 72.0 Å². The summed E-state index contributed by atoms with van der Waals surface area (Å²) in [4.78, 5) is 65.4. The lowest BCUT2D eigenvalue weighted by Gasteiger charge is -2.52. The van der Waals surface area contributed by atoms with Crippen molar-refractivity contribution in [2.75, 3.05) is 44.8 Å². The Morgan fingerprint density at radius 2 is 1.60 bits per heavy atom. The summed E-state index contributed by atoms with van der Waals surface area (Å²) in [5, 5.41) is 14.3. The molecule has 14 heteroatoms. The van der Waals surface area contributed by atoms with Gasteiger partial charge in [0.05, 0.1) is 13.2 Å². The predicted molar refractivity (Wildman–Crippen MR) is 146 cm³/mol. The first kappa shape index (κ1) is 32.8. The number of nitrogens with one attached hydrogen (secondary N) is 1. The van der Waals surface area contributed by atoms with Gasteiger partial charge in [-0.25, -0.2) is 4.79 Å². The number of carbonyl (C=O) groups excluding carboxylic acids is 5. The monoisotopic (exact) mass is 593 g/mol. The minimum absolute atomic E-state index is 0.290. The number of ether oxygens (including phenoxy) is 5. The number of hydrogen-bond donors (Lipinski definition) is 2. The van der Waals surface area contributed by atoms with Crippen molar-refractivity contribution in [2.24, 2.45) is 0 Å². The van der Waals surface area contributed by atoms with E-state index in [1.807, 2.05) is 35.2 Å². The summed E-state index contributed by atoms with van der Waals surface area (Å²) in [7, 11) is 1.08. The molecule has 0 unspecified atom stereocenters. The van der Waals surface area contributed by atoms with Crippen molar-refractivity contribution in [3.63, 3.8) is 0 Å². The van der Waals surface area contributed by atoms with Crippen LogP contribution in [0.25, 0.3) is 0 Å². The largest absolute Gasteiger partial charge is 0.465 e. The highest BCUT2D eigenvalue weighted by Gasteiger charge is 2.57. The molecule has 2 heterocycles. The quantitative estimate of drug-likeness (QED) is 0.269. The fourth-order valence-corrected chi connectivity index (χ4v) is 5.41. The lowest BCUT2D eigenvalue weighted by atomic mass is 9.85. The first-order chi connectivity index (χ1) is 19.8. The molecule has 0 spiro atoms. The van der Waals surface area contributed by atoms with E-state index in [1.54, 1.807) is 0 Å². The second-order valence-electron chi connectivity index (χ2n) is 10.2. The van der Waals surface area contributed by atoms with Gasteiger partial charge in [-0.3, -0.25) is 24.1 Å². The van der Waals surface area contributed by atoms with Gasteiger partial charge in [0.1, 0.15) is 12.7 Å². The molecule has 14 nitrogen and oxygen atoms in total. The third-order valence-corrected chi connectivity index (χ3v) is 7.12. The third-order valence-electron chi connectivity index (χ3n) is 7.12. The van der Waals surface area contributed by atoms with Crippen molar-refractivity contribution < 1.29 is 52.8 Å². The van der Waals surface area contributed by atoms with E-state index in [0.717, 1.165) is 33.6 Å². The van der Waals surface area contributed by atoms with Crippen LogP contribution in [0.4, 0.5) is 5.69 Å². The minimum atomic E-state index is -2.52. The number of esters is 4. The van der Waals surface area contributed by atoms with Crippen molar-refractivity contribution in [3.05, 3.63) is 30.3 Å². The summed E-state index contributed by atoms with van der Waals surface area (Å²) in [5.41, 5.74) is 1.04. The fourth-order valence-electron chi connectivity index (χ4n) is 5.41. The van der Waals surface area contributed by atoms with Crippen LogP contribution in [-0.2, 0) is 47.7 Å². The summed E-state index contributed by atoms with van der Waals surface area (Å²) in [6.45, 7) is 6.28. The second kappa shape index (κ2) is 14.4. The number of aliphatic hydroxyl groups is 1. The fraction of sp³-hybridized carbons (Fsp3) is 0.607. The average Bonchev–Trinajstić information content (AvgIpc) is 2.94. The maximum Gasteiger partial charge on any atom is 0.366 e. The Kier molecular flexibility index (Phi) is 11.3. The van der Waals surface area contributed by atoms with E-state index in [-0.39, 0.29) is 6.42 Å². The van der Waals surface area contributed by atoms with Crippen molar-refractivity contribution in [1.82, 2.24) is 10.2 Å². The molecule has 1 aromatic rings. The standard InChI is InChI=1S/C28H39N3O11/c1-17(32)29-24-22(31-13-11-30(12-14-31)21-9-7-6-8-10-21)15-28(37,27(36)38-5)42-26(24)25(41-20(4)35)23(40-19(3)34)16-39-18(2)33/h6-10,22-26,37H,11-16H2,1-5H3,(H,29,32)/t22-,23+,24+,25-,26+,28-/m0/s1. The molecule has 42 heavy (non-hydrogen) atoms. The van der Waals surface area contributed by atoms with Crippen LogP contribution in [0, 0.1) is 0 Å². The molecule has 3 rings (SSSR count). The molecular formula is C28H39N3O11. The molecule has 2 N–H and O–H groups in total. The molecule has 0 saturated carbocycles. The number of carbonyl (C=O) groups is 5. The van der Waals surface area contributed by atoms with E-state index in [9.17, 15) is 29.1 Å². The number of anilines is 1. The van der Waals surface area contributed by atoms with Crippen LogP contribution >= 0.6 is 0 Å².